The topological polar surface area (TPSA) is 392 Å². The normalized spacial score (nSPS) is 19.2. The van der Waals surface area contributed by atoms with Crippen LogP contribution in [0, 0.1) is 5.92 Å². The molecule has 0 aromatic carbocycles. The summed E-state index contributed by atoms with van der Waals surface area (Å²) in [5, 5.41) is 41.3. The van der Waals surface area contributed by atoms with Crippen LogP contribution in [0.1, 0.15) is 85.5 Å². The lowest BCUT2D eigenvalue weighted by Crippen LogP contribution is -2.56. The van der Waals surface area contributed by atoms with E-state index >= 15 is 0 Å². The van der Waals surface area contributed by atoms with Gasteiger partial charge >= 0.3 is 5.97 Å². The number of nitrogens with zero attached hydrogens (tertiary/aromatic N) is 1. The molecule has 0 spiro atoms. The SMILES string of the molecule is CC(C)C[C@H](NC(=O)C(CCC(N)=O)NC(=O)CNC(=O)[C@@H]1C[C@@H](O)CN1)C(=O)NCC(=O)N[C@@H](C)C(=O)N[C@@H](C)C(=O)NCC(=O)N1CCC[C@H]1C(=O)N[C@@H](CCCCN)C(=O)O. The molecule has 0 radical (unpaired) electrons. The van der Waals surface area contributed by atoms with E-state index in [2.05, 4.69) is 47.9 Å². The van der Waals surface area contributed by atoms with Gasteiger partial charge in [-0.3, -0.25) is 47.9 Å². The average molecular weight is 911 g/mol. The molecule has 360 valence electrons. The summed E-state index contributed by atoms with van der Waals surface area (Å²) >= 11 is 0. The Morgan fingerprint density at radius 3 is 1.95 bits per heavy atom. The van der Waals surface area contributed by atoms with Gasteiger partial charge in [0.1, 0.15) is 36.3 Å². The van der Waals surface area contributed by atoms with Gasteiger partial charge in [0.05, 0.1) is 31.8 Å². The van der Waals surface area contributed by atoms with Crippen LogP contribution < -0.4 is 59.3 Å². The van der Waals surface area contributed by atoms with Gasteiger partial charge in [-0.15, -0.1) is 0 Å². The Hall–Kier alpha value is -5.95. The number of rotatable bonds is 27. The standard InChI is InChI=1S/C39H66N12O13/c1-20(2)14-27(50-37(61)24(10-11-29(41)53)48-31(55)18-43-35(59)26-15-23(52)16-42-26)36(60)44-17-30(54)46-22(4)34(58)47-21(3)33(57)45-19-32(56)51-13-7-9-28(51)38(62)49-25(39(63)64)8-5-6-12-40/h20-28,42,52H,5-19,40H2,1-4H3,(H2,41,53)(H,43,59)(H,44,60)(H,45,57)(H,46,54)(H,47,58)(H,48,55)(H,49,62)(H,50,61)(H,63,64)/t21-,22-,23+,24?,25-,26-,27-,28-/m0/s1. The molecule has 2 heterocycles. The largest absolute Gasteiger partial charge is 0.480 e. The van der Waals surface area contributed by atoms with Crippen molar-refractivity contribution in [3.63, 3.8) is 0 Å². The Morgan fingerprint density at radius 1 is 0.703 bits per heavy atom. The monoisotopic (exact) mass is 910 g/mol. The number of amides is 10. The second kappa shape index (κ2) is 27.3. The van der Waals surface area contributed by atoms with Crippen molar-refractivity contribution in [1.82, 2.24) is 52.8 Å². The summed E-state index contributed by atoms with van der Waals surface area (Å²) in [4.78, 5) is 140. The molecular formula is C39H66N12O13. The molecule has 2 rings (SSSR count). The first-order chi connectivity index (χ1) is 30.1. The molecule has 2 aliphatic heterocycles. The zero-order valence-electron chi connectivity index (χ0n) is 36.8. The van der Waals surface area contributed by atoms with Crippen molar-refractivity contribution in [3.05, 3.63) is 0 Å². The van der Waals surface area contributed by atoms with Gasteiger partial charge in [-0.1, -0.05) is 13.8 Å². The quantitative estimate of drug-likeness (QED) is 0.0341. The van der Waals surface area contributed by atoms with Gasteiger partial charge in [0.15, 0.2) is 0 Å². The fourth-order valence-electron chi connectivity index (χ4n) is 6.81. The molecule has 25 heteroatoms. The summed E-state index contributed by atoms with van der Waals surface area (Å²) < 4.78 is 0. The number of β-amino-alcohol motifs (C(OH)–C–C–N with tert-alkyl or cyclic N) is 1. The number of hydrogen-bond donors (Lipinski definition) is 13. The maximum absolute atomic E-state index is 13.3. The summed E-state index contributed by atoms with van der Waals surface area (Å²) in [5.41, 5.74) is 10.7. The van der Waals surface area contributed by atoms with Gasteiger partial charge in [0.25, 0.3) is 0 Å². The summed E-state index contributed by atoms with van der Waals surface area (Å²) in [5.74, 6) is -8.63. The molecule has 64 heavy (non-hydrogen) atoms. The second-order valence-electron chi connectivity index (χ2n) is 16.3. The number of carbonyl (C=O) groups is 11. The lowest BCUT2D eigenvalue weighted by molar-refractivity contribution is -0.144. The van der Waals surface area contributed by atoms with E-state index in [1.54, 1.807) is 13.8 Å². The number of aliphatic hydroxyl groups excluding tert-OH is 1. The van der Waals surface area contributed by atoms with Crippen molar-refractivity contribution in [1.29, 1.82) is 0 Å². The number of primary amides is 1. The Labute approximate surface area is 370 Å². The number of nitrogens with two attached hydrogens (primary N) is 2. The van der Waals surface area contributed by atoms with Crippen molar-refractivity contribution in [2.24, 2.45) is 17.4 Å². The summed E-state index contributed by atoms with van der Waals surface area (Å²) in [6.45, 7) is 5.31. The first kappa shape index (κ1) is 54.2. The first-order valence-electron chi connectivity index (χ1n) is 21.4. The van der Waals surface area contributed by atoms with E-state index in [-0.39, 0.29) is 51.1 Å². The number of nitrogens with one attached hydrogen (secondary N) is 9. The minimum absolute atomic E-state index is 0.0907. The smallest absolute Gasteiger partial charge is 0.326 e. The summed E-state index contributed by atoms with van der Waals surface area (Å²) in [6, 6.07) is -7.72. The molecule has 0 bridgehead atoms. The van der Waals surface area contributed by atoms with Crippen LogP contribution in [0.25, 0.3) is 0 Å². The Balaban J connectivity index is 1.87. The van der Waals surface area contributed by atoms with Crippen LogP contribution in [0.4, 0.5) is 0 Å². The number of hydrogen-bond acceptors (Lipinski definition) is 14. The van der Waals surface area contributed by atoms with Crippen LogP contribution >= 0.6 is 0 Å². The van der Waals surface area contributed by atoms with Crippen LogP contribution in [0.15, 0.2) is 0 Å². The minimum Gasteiger partial charge on any atom is -0.480 e. The van der Waals surface area contributed by atoms with Crippen molar-refractivity contribution < 1.29 is 63.0 Å². The molecule has 2 fully saturated rings. The number of aliphatic hydroxyl groups is 1. The molecule has 0 aliphatic carbocycles. The molecule has 2 saturated heterocycles. The fourth-order valence-corrected chi connectivity index (χ4v) is 6.81. The van der Waals surface area contributed by atoms with Crippen LogP contribution in [-0.2, 0) is 52.7 Å². The Bertz CT molecular complexity index is 1700. The molecule has 15 N–H and O–H groups in total. The van der Waals surface area contributed by atoms with Crippen LogP contribution in [0.5, 0.6) is 0 Å². The molecule has 0 aromatic rings. The number of carboxylic acid groups (broad SMARTS) is 1. The van der Waals surface area contributed by atoms with E-state index in [0.29, 0.717) is 32.2 Å². The number of carboxylic acids is 1. The predicted molar refractivity (Wildman–Crippen MR) is 226 cm³/mol. The minimum atomic E-state index is -1.34. The molecule has 2 aliphatic rings. The Morgan fingerprint density at radius 2 is 1.34 bits per heavy atom. The van der Waals surface area contributed by atoms with Gasteiger partial charge in [-0.2, -0.15) is 0 Å². The van der Waals surface area contributed by atoms with Gasteiger partial charge < -0.3 is 74.4 Å². The summed E-state index contributed by atoms with van der Waals surface area (Å²) in [7, 11) is 0. The highest BCUT2D eigenvalue weighted by atomic mass is 16.4. The zero-order chi connectivity index (χ0) is 48.1. The maximum Gasteiger partial charge on any atom is 0.326 e. The van der Waals surface area contributed by atoms with Crippen LogP contribution in [0.3, 0.4) is 0 Å². The highest BCUT2D eigenvalue weighted by Gasteiger charge is 2.36. The van der Waals surface area contributed by atoms with E-state index in [9.17, 15) is 63.0 Å². The molecule has 25 nitrogen and oxygen atoms in total. The number of aliphatic carboxylic acids is 1. The molecule has 0 aromatic heterocycles. The summed E-state index contributed by atoms with van der Waals surface area (Å²) in [6.07, 6.45) is 1.02. The van der Waals surface area contributed by atoms with Gasteiger partial charge in [0.2, 0.25) is 59.1 Å². The van der Waals surface area contributed by atoms with E-state index in [4.69, 9.17) is 11.5 Å². The van der Waals surface area contributed by atoms with E-state index in [1.807, 2.05) is 0 Å². The number of carbonyl (C=O) groups excluding carboxylic acids is 10. The van der Waals surface area contributed by atoms with Crippen molar-refractivity contribution in [2.75, 3.05) is 39.3 Å². The number of unbranched alkanes of at least 4 members (excludes halogenated alkanes) is 1. The lowest BCUT2D eigenvalue weighted by Gasteiger charge is -2.26. The third-order valence-corrected chi connectivity index (χ3v) is 10.3. The fraction of sp³-hybridized carbons (Fsp3) is 0.718. The van der Waals surface area contributed by atoms with Crippen LogP contribution in [-0.4, -0.2) is 168 Å². The third-order valence-electron chi connectivity index (χ3n) is 10.3. The highest BCUT2D eigenvalue weighted by Crippen LogP contribution is 2.18. The Kier molecular flexibility index (Phi) is 23.1. The van der Waals surface area contributed by atoms with Crippen molar-refractivity contribution >= 4 is 65.0 Å². The van der Waals surface area contributed by atoms with E-state index in [0.717, 1.165) is 0 Å². The molecular weight excluding hydrogens is 844 g/mol. The third kappa shape index (κ3) is 19.2. The van der Waals surface area contributed by atoms with Crippen molar-refractivity contribution in [2.45, 2.75) is 134 Å². The van der Waals surface area contributed by atoms with E-state index in [1.165, 1.54) is 18.7 Å². The molecule has 1 unspecified atom stereocenters. The first-order valence-corrected chi connectivity index (χ1v) is 21.4. The highest BCUT2D eigenvalue weighted by molar-refractivity contribution is 5.97. The van der Waals surface area contributed by atoms with Gasteiger partial charge in [0, 0.05) is 19.5 Å². The predicted octanol–water partition coefficient (Wildman–Crippen LogP) is -5.96. The maximum atomic E-state index is 13.3. The number of likely N-dealkylation sites (tertiary alicyclic amines) is 1. The zero-order valence-corrected chi connectivity index (χ0v) is 36.8. The van der Waals surface area contributed by atoms with Crippen molar-refractivity contribution in [3.8, 4) is 0 Å². The van der Waals surface area contributed by atoms with E-state index < -0.39 is 133 Å². The second-order valence-corrected chi connectivity index (χ2v) is 16.3. The lowest BCUT2D eigenvalue weighted by atomic mass is 10.0. The molecule has 0 saturated carbocycles. The average Bonchev–Trinajstić information content (AvgIpc) is 3.91. The molecule has 10 amide bonds. The molecule has 8 atom stereocenters. The van der Waals surface area contributed by atoms with Gasteiger partial charge in [-0.05, 0) is 77.7 Å². The van der Waals surface area contributed by atoms with Crippen LogP contribution in [0.2, 0.25) is 0 Å². The van der Waals surface area contributed by atoms with Gasteiger partial charge in [-0.25, -0.2) is 4.79 Å².